The number of esters is 1. The molecule has 0 aromatic heterocycles. The second-order valence-corrected chi connectivity index (χ2v) is 8.13. The number of rotatable bonds is 6. The van der Waals surface area contributed by atoms with Crippen molar-refractivity contribution in [1.82, 2.24) is 0 Å². The number of halogens is 8. The molecule has 0 bridgehead atoms. The Labute approximate surface area is 178 Å². The van der Waals surface area contributed by atoms with Crippen LogP contribution in [0.3, 0.4) is 0 Å². The summed E-state index contributed by atoms with van der Waals surface area (Å²) in [5.41, 5.74) is -1.14. The minimum Gasteiger partial charge on any atom is -0.460 e. The van der Waals surface area contributed by atoms with Crippen LogP contribution in [0.1, 0.15) is 33.3 Å². The highest BCUT2D eigenvalue weighted by atomic mass is 35.5. The van der Waals surface area contributed by atoms with Crippen LogP contribution in [0, 0.1) is 40.5 Å². The molecule has 0 saturated heterocycles. The zero-order valence-electron chi connectivity index (χ0n) is 16.7. The van der Waals surface area contributed by atoms with Crippen LogP contribution in [0.4, 0.5) is 36.4 Å². The Bertz CT molecular complexity index is 925. The monoisotopic (exact) mass is 474 g/mol. The maximum atomic E-state index is 14.2. The molecule has 0 spiro atoms. The fourth-order valence-electron chi connectivity index (χ4n) is 2.99. The highest BCUT2D eigenvalue weighted by molar-refractivity contribution is 6.30. The Morgan fingerprint density at radius 3 is 2.10 bits per heavy atom. The number of nitrogens with zero attached hydrogens (tertiary/aromatic N) is 1. The summed E-state index contributed by atoms with van der Waals surface area (Å²) >= 11 is 5.18. The van der Waals surface area contributed by atoms with Crippen molar-refractivity contribution in [2.75, 3.05) is 5.43 Å². The van der Waals surface area contributed by atoms with Crippen molar-refractivity contribution in [3.63, 3.8) is 0 Å². The number of ether oxygens (including phenoxy) is 1. The van der Waals surface area contributed by atoms with Crippen LogP contribution in [0.15, 0.2) is 16.2 Å². The third kappa shape index (κ3) is 5.13. The van der Waals surface area contributed by atoms with E-state index in [-0.39, 0.29) is 0 Å². The Balaban J connectivity index is 2.20. The highest BCUT2D eigenvalue weighted by Crippen LogP contribution is 2.60. The number of nitrogens with one attached hydrogen (secondary N) is 1. The van der Waals surface area contributed by atoms with E-state index in [1.165, 1.54) is 27.7 Å². The van der Waals surface area contributed by atoms with Gasteiger partial charge in [-0.2, -0.15) is 18.3 Å². The van der Waals surface area contributed by atoms with E-state index in [0.717, 1.165) is 0 Å². The normalized spacial score (nSPS) is 20.3. The second-order valence-electron chi connectivity index (χ2n) is 7.73. The standard InChI is InChI=1S/C19H18ClF7N2O2/c1-7(2)28-29-16-14(23)12(21)8(13(22)15(16)24)6-31-17(30)11-9(18(11,3)4)5-10(20)19(25,26)27/h5,9,11,29H,6H2,1-4H3/b10-5-/t9-,11-/m1/s1. The van der Waals surface area contributed by atoms with E-state index in [9.17, 15) is 35.5 Å². The van der Waals surface area contributed by atoms with Crippen molar-refractivity contribution in [3.05, 3.63) is 39.9 Å². The van der Waals surface area contributed by atoms with Crippen LogP contribution in [-0.4, -0.2) is 17.9 Å². The summed E-state index contributed by atoms with van der Waals surface area (Å²) < 4.78 is 99.2. The number of benzene rings is 1. The van der Waals surface area contributed by atoms with Gasteiger partial charge in [0.1, 0.15) is 17.3 Å². The van der Waals surface area contributed by atoms with E-state index in [1.807, 2.05) is 5.43 Å². The van der Waals surface area contributed by atoms with Gasteiger partial charge in [0.05, 0.1) is 11.5 Å². The van der Waals surface area contributed by atoms with Crippen LogP contribution >= 0.6 is 11.6 Å². The van der Waals surface area contributed by atoms with Crippen LogP contribution in [-0.2, 0) is 16.1 Å². The summed E-state index contributed by atoms with van der Waals surface area (Å²) in [6.07, 6.45) is -4.14. The van der Waals surface area contributed by atoms with Crippen molar-refractivity contribution >= 4 is 29.0 Å². The minimum atomic E-state index is -4.80. The number of allylic oxidation sites excluding steroid dienone is 2. The molecule has 0 unspecified atom stereocenters. The zero-order chi connectivity index (χ0) is 23.9. The number of carbonyl (C=O) groups excluding carboxylic acids is 1. The lowest BCUT2D eigenvalue weighted by Crippen LogP contribution is -2.14. The summed E-state index contributed by atoms with van der Waals surface area (Å²) in [5.74, 6) is -10.3. The van der Waals surface area contributed by atoms with Gasteiger partial charge in [-0.25, -0.2) is 17.6 Å². The predicted molar refractivity (Wildman–Crippen MR) is 99.2 cm³/mol. The van der Waals surface area contributed by atoms with Crippen molar-refractivity contribution in [3.8, 4) is 0 Å². The van der Waals surface area contributed by atoms with Gasteiger partial charge < -0.3 is 4.74 Å². The molecule has 1 N–H and O–H groups in total. The van der Waals surface area contributed by atoms with E-state index < -0.39 is 75.6 Å². The summed E-state index contributed by atoms with van der Waals surface area (Å²) in [5, 5.41) is 2.05. The molecule has 1 aliphatic rings. The van der Waals surface area contributed by atoms with Gasteiger partial charge in [0, 0.05) is 5.71 Å². The van der Waals surface area contributed by atoms with E-state index in [0.29, 0.717) is 11.8 Å². The summed E-state index contributed by atoms with van der Waals surface area (Å²) in [4.78, 5) is 12.2. The first-order valence-electron chi connectivity index (χ1n) is 8.83. The predicted octanol–water partition coefficient (Wildman–Crippen LogP) is 6.05. The van der Waals surface area contributed by atoms with Gasteiger partial charge in [-0.1, -0.05) is 31.5 Å². The molecule has 1 saturated carbocycles. The zero-order valence-corrected chi connectivity index (χ0v) is 17.5. The van der Waals surface area contributed by atoms with E-state index in [1.54, 1.807) is 0 Å². The average Bonchev–Trinajstić information content (AvgIpc) is 3.18. The van der Waals surface area contributed by atoms with Gasteiger partial charge in [-0.05, 0) is 25.2 Å². The van der Waals surface area contributed by atoms with Crippen molar-refractivity contribution in [2.24, 2.45) is 22.4 Å². The Morgan fingerprint density at radius 1 is 1.13 bits per heavy atom. The first kappa shape index (κ1) is 25.0. The number of alkyl halides is 3. The highest BCUT2D eigenvalue weighted by Gasteiger charge is 2.62. The number of anilines is 1. The third-order valence-corrected chi connectivity index (χ3v) is 5.21. The molecule has 0 radical (unpaired) electrons. The molecule has 172 valence electrons. The fraction of sp³-hybridized carbons (Fsp3) is 0.474. The first-order valence-corrected chi connectivity index (χ1v) is 9.21. The van der Waals surface area contributed by atoms with Crippen LogP contribution in [0.2, 0.25) is 0 Å². The topological polar surface area (TPSA) is 50.7 Å². The molecule has 0 amide bonds. The van der Waals surface area contributed by atoms with Crippen LogP contribution < -0.4 is 5.43 Å². The Kier molecular flexibility index (Phi) is 6.99. The molecule has 1 aliphatic carbocycles. The first-order chi connectivity index (χ1) is 14.1. The SMILES string of the molecule is CC(C)=NNc1c(F)c(F)c(COC(=O)[C@H]2[C@@H](/C=C(\Cl)C(F)(F)F)C2(C)C)c(F)c1F. The number of hydrogen-bond donors (Lipinski definition) is 1. The molecule has 0 heterocycles. The van der Waals surface area contributed by atoms with E-state index in [4.69, 9.17) is 16.3 Å². The second kappa shape index (κ2) is 8.68. The van der Waals surface area contributed by atoms with Gasteiger partial charge in [-0.3, -0.25) is 10.2 Å². The van der Waals surface area contributed by atoms with Gasteiger partial charge >= 0.3 is 12.1 Å². The maximum absolute atomic E-state index is 14.2. The van der Waals surface area contributed by atoms with Gasteiger partial charge in [0.15, 0.2) is 23.3 Å². The molecule has 0 aliphatic heterocycles. The molecule has 4 nitrogen and oxygen atoms in total. The largest absolute Gasteiger partial charge is 0.460 e. The van der Waals surface area contributed by atoms with Crippen molar-refractivity contribution < 1.29 is 40.3 Å². The lowest BCUT2D eigenvalue weighted by molar-refractivity contribution is -0.147. The molecular formula is C19H18ClF7N2O2. The Hall–Kier alpha value is -2.30. The van der Waals surface area contributed by atoms with Gasteiger partial charge in [-0.15, -0.1) is 0 Å². The molecule has 1 aromatic rings. The van der Waals surface area contributed by atoms with Gasteiger partial charge in [0.2, 0.25) is 0 Å². The number of hydrazone groups is 1. The quantitative estimate of drug-likeness (QED) is 0.179. The molecule has 1 aromatic carbocycles. The molecule has 2 rings (SSSR count). The summed E-state index contributed by atoms with van der Waals surface area (Å²) in [7, 11) is 0. The minimum absolute atomic E-state index is 0.318. The van der Waals surface area contributed by atoms with E-state index in [2.05, 4.69) is 5.10 Å². The van der Waals surface area contributed by atoms with Crippen molar-refractivity contribution in [1.29, 1.82) is 0 Å². The average molecular weight is 475 g/mol. The maximum Gasteiger partial charge on any atom is 0.426 e. The molecule has 2 atom stereocenters. The lowest BCUT2D eigenvalue weighted by atomic mass is 10.1. The molecule has 1 fully saturated rings. The summed E-state index contributed by atoms with van der Waals surface area (Å²) in [6, 6.07) is 0. The number of hydrogen-bond acceptors (Lipinski definition) is 4. The fourth-order valence-corrected chi connectivity index (χ4v) is 3.13. The number of carbonyl (C=O) groups is 1. The van der Waals surface area contributed by atoms with E-state index >= 15 is 0 Å². The molecule has 31 heavy (non-hydrogen) atoms. The van der Waals surface area contributed by atoms with Crippen molar-refractivity contribution in [2.45, 2.75) is 40.5 Å². The van der Waals surface area contributed by atoms with Crippen LogP contribution in [0.5, 0.6) is 0 Å². The summed E-state index contributed by atoms with van der Waals surface area (Å²) in [6.45, 7) is 4.70. The smallest absolute Gasteiger partial charge is 0.426 e. The third-order valence-electron chi connectivity index (χ3n) is 4.87. The molecule has 12 heteroatoms. The molecular weight excluding hydrogens is 457 g/mol. The van der Waals surface area contributed by atoms with Crippen LogP contribution in [0.25, 0.3) is 0 Å². The lowest BCUT2D eigenvalue weighted by Gasteiger charge is -2.12. The van der Waals surface area contributed by atoms with Gasteiger partial charge in [0.25, 0.3) is 0 Å². The Morgan fingerprint density at radius 2 is 1.65 bits per heavy atom.